The second kappa shape index (κ2) is 7.81. The Bertz CT molecular complexity index is 687. The number of amides is 1. The van der Waals surface area contributed by atoms with Crippen LogP contribution in [0.4, 0.5) is 0 Å². The molecular weight excluding hydrogens is 304 g/mol. The average molecular weight is 330 g/mol. The van der Waals surface area contributed by atoms with Crippen molar-refractivity contribution in [2.24, 2.45) is 0 Å². The molecule has 0 unspecified atom stereocenters. The zero-order valence-corrected chi connectivity index (χ0v) is 14.3. The molecule has 1 N–H and O–H groups in total. The third kappa shape index (κ3) is 3.79. The summed E-state index contributed by atoms with van der Waals surface area (Å²) in [7, 11) is 0. The van der Waals surface area contributed by atoms with E-state index in [1.807, 2.05) is 17.0 Å². The molecule has 1 aliphatic rings. The minimum atomic E-state index is 0.168. The summed E-state index contributed by atoms with van der Waals surface area (Å²) in [6.07, 6.45) is 4.72. The quantitative estimate of drug-likeness (QED) is 0.827. The number of likely N-dealkylation sites (tertiary alicyclic amines) is 1. The van der Waals surface area contributed by atoms with Gasteiger partial charge in [0.25, 0.3) is 0 Å². The highest BCUT2D eigenvalue weighted by molar-refractivity contribution is 5.86. The largest absolute Gasteiger partial charge is 0.396 e. The molecule has 0 aliphatic carbocycles. The summed E-state index contributed by atoms with van der Waals surface area (Å²) in [6, 6.07) is 8.21. The van der Waals surface area contributed by atoms with Gasteiger partial charge in [0.15, 0.2) is 0 Å². The molecule has 0 radical (unpaired) electrons. The molecule has 0 atom stereocenters. The molecule has 3 rings (SSSR count). The average Bonchev–Trinajstić information content (AvgIpc) is 2.92. The van der Waals surface area contributed by atoms with Crippen molar-refractivity contribution in [3.8, 4) is 0 Å². The van der Waals surface area contributed by atoms with Crippen molar-refractivity contribution >= 4 is 16.8 Å². The molecule has 1 aromatic carbocycles. The molecular formula is C19H26N2O3. The highest BCUT2D eigenvalue weighted by Crippen LogP contribution is 2.21. The lowest BCUT2D eigenvalue weighted by Gasteiger charge is -2.32. The Kier molecular flexibility index (Phi) is 5.53. The summed E-state index contributed by atoms with van der Waals surface area (Å²) in [6.45, 7) is 4.75. The van der Waals surface area contributed by atoms with Gasteiger partial charge in [0.2, 0.25) is 5.91 Å². The van der Waals surface area contributed by atoms with Gasteiger partial charge in [-0.15, -0.1) is 0 Å². The molecule has 5 nitrogen and oxygen atoms in total. The lowest BCUT2D eigenvalue weighted by molar-refractivity contribution is -0.134. The number of rotatable bonds is 6. The minimum Gasteiger partial charge on any atom is -0.396 e. The van der Waals surface area contributed by atoms with E-state index in [0.717, 1.165) is 31.4 Å². The number of para-hydroxylation sites is 1. The Morgan fingerprint density at radius 3 is 2.79 bits per heavy atom. The number of carbonyl (C=O) groups excluding carboxylic acids is 1. The minimum absolute atomic E-state index is 0.168. The van der Waals surface area contributed by atoms with E-state index in [1.54, 1.807) is 0 Å². The maximum absolute atomic E-state index is 12.6. The molecule has 0 saturated carbocycles. The number of carbonyl (C=O) groups is 1. The molecule has 130 valence electrons. The number of aliphatic hydroxyl groups excluding tert-OH is 1. The number of fused-ring (bicyclic) bond motifs is 1. The van der Waals surface area contributed by atoms with E-state index in [9.17, 15) is 4.79 Å². The van der Waals surface area contributed by atoms with Crippen molar-refractivity contribution in [3.63, 3.8) is 0 Å². The van der Waals surface area contributed by atoms with E-state index in [2.05, 4.69) is 29.8 Å². The number of nitrogens with zero attached hydrogens (tertiary/aromatic N) is 2. The van der Waals surface area contributed by atoms with Crippen molar-refractivity contribution in [1.82, 2.24) is 9.47 Å². The van der Waals surface area contributed by atoms with Crippen molar-refractivity contribution in [2.75, 3.05) is 26.3 Å². The van der Waals surface area contributed by atoms with E-state index >= 15 is 0 Å². The van der Waals surface area contributed by atoms with Crippen molar-refractivity contribution in [2.45, 2.75) is 38.8 Å². The molecule has 2 aromatic rings. The van der Waals surface area contributed by atoms with Crippen molar-refractivity contribution < 1.29 is 14.6 Å². The van der Waals surface area contributed by atoms with Gasteiger partial charge in [0, 0.05) is 43.4 Å². The first-order chi connectivity index (χ1) is 11.7. The zero-order valence-electron chi connectivity index (χ0n) is 14.3. The smallest absolute Gasteiger partial charge is 0.242 e. The first-order valence-electron chi connectivity index (χ1n) is 8.73. The van der Waals surface area contributed by atoms with E-state index < -0.39 is 0 Å². The number of piperidine rings is 1. The molecule has 2 heterocycles. The number of aliphatic hydroxyl groups is 1. The number of benzene rings is 1. The molecule has 5 heteroatoms. The molecule has 1 saturated heterocycles. The maximum Gasteiger partial charge on any atom is 0.242 e. The van der Waals surface area contributed by atoms with Gasteiger partial charge in [-0.2, -0.15) is 0 Å². The Labute approximate surface area is 142 Å². The van der Waals surface area contributed by atoms with Gasteiger partial charge in [0.05, 0.1) is 6.10 Å². The Balaban J connectivity index is 1.56. The second-order valence-corrected chi connectivity index (χ2v) is 6.49. The number of aryl methyl sites for hydroxylation is 1. The molecule has 1 aromatic heterocycles. The zero-order chi connectivity index (χ0) is 16.9. The van der Waals surface area contributed by atoms with Crippen molar-refractivity contribution in [1.29, 1.82) is 0 Å². The standard InChI is InChI=1S/C19H26N2O3/c1-15-13-21(18-6-3-2-5-17(15)18)14-19(23)20-9-7-16(8-10-20)24-12-4-11-22/h2-3,5-6,13,16,22H,4,7-12,14H2,1H3. The molecule has 1 fully saturated rings. The number of hydrogen-bond donors (Lipinski definition) is 1. The van der Waals surface area contributed by atoms with Gasteiger partial charge in [0.1, 0.15) is 6.54 Å². The third-order valence-corrected chi connectivity index (χ3v) is 4.74. The lowest BCUT2D eigenvalue weighted by atomic mass is 10.1. The first-order valence-corrected chi connectivity index (χ1v) is 8.73. The molecule has 1 amide bonds. The van der Waals surface area contributed by atoms with Gasteiger partial charge in [-0.3, -0.25) is 4.79 Å². The highest BCUT2D eigenvalue weighted by Gasteiger charge is 2.23. The van der Waals surface area contributed by atoms with Crippen molar-refractivity contribution in [3.05, 3.63) is 36.0 Å². The predicted molar refractivity (Wildman–Crippen MR) is 93.9 cm³/mol. The van der Waals surface area contributed by atoms with Crippen LogP contribution < -0.4 is 0 Å². The fourth-order valence-electron chi connectivity index (χ4n) is 3.39. The van der Waals surface area contributed by atoms with Crippen LogP contribution in [-0.4, -0.2) is 52.9 Å². The lowest BCUT2D eigenvalue weighted by Crippen LogP contribution is -2.42. The maximum atomic E-state index is 12.6. The Morgan fingerprint density at radius 2 is 2.04 bits per heavy atom. The summed E-state index contributed by atoms with van der Waals surface area (Å²) >= 11 is 0. The number of aromatic nitrogens is 1. The number of hydrogen-bond acceptors (Lipinski definition) is 3. The van der Waals surface area contributed by atoms with E-state index in [-0.39, 0.29) is 18.6 Å². The molecule has 24 heavy (non-hydrogen) atoms. The highest BCUT2D eigenvalue weighted by atomic mass is 16.5. The summed E-state index contributed by atoms with van der Waals surface area (Å²) < 4.78 is 7.78. The van der Waals surface area contributed by atoms with Crippen LogP contribution in [0.3, 0.4) is 0 Å². The van der Waals surface area contributed by atoms with Crippen LogP contribution in [0.1, 0.15) is 24.8 Å². The monoisotopic (exact) mass is 330 g/mol. The van der Waals surface area contributed by atoms with Gasteiger partial charge in [-0.25, -0.2) is 0 Å². The first kappa shape index (κ1) is 17.0. The van der Waals surface area contributed by atoms with E-state index in [4.69, 9.17) is 9.84 Å². The second-order valence-electron chi connectivity index (χ2n) is 6.49. The van der Waals surface area contributed by atoms with Crippen LogP contribution in [0.5, 0.6) is 0 Å². The van der Waals surface area contributed by atoms with Gasteiger partial charge < -0.3 is 19.3 Å². The predicted octanol–water partition coefficient (Wildman–Crippen LogP) is 2.34. The van der Waals surface area contributed by atoms with Crippen LogP contribution in [0.25, 0.3) is 10.9 Å². The molecule has 0 bridgehead atoms. The van der Waals surface area contributed by atoms with Crippen LogP contribution in [0.15, 0.2) is 30.5 Å². The third-order valence-electron chi connectivity index (χ3n) is 4.74. The Morgan fingerprint density at radius 1 is 1.29 bits per heavy atom. The van der Waals surface area contributed by atoms with E-state index in [0.29, 0.717) is 19.6 Å². The van der Waals surface area contributed by atoms with Crippen LogP contribution in [0.2, 0.25) is 0 Å². The van der Waals surface area contributed by atoms with Gasteiger partial charge >= 0.3 is 0 Å². The summed E-state index contributed by atoms with van der Waals surface area (Å²) in [5, 5.41) is 10.0. The SMILES string of the molecule is Cc1cn(CC(=O)N2CCC(OCCCO)CC2)c2ccccc12. The fraction of sp³-hybridized carbons (Fsp3) is 0.526. The summed E-state index contributed by atoms with van der Waals surface area (Å²) in [4.78, 5) is 14.6. The number of ether oxygens (including phenoxy) is 1. The van der Waals surface area contributed by atoms with Crippen LogP contribution in [0, 0.1) is 6.92 Å². The molecule has 1 aliphatic heterocycles. The summed E-state index contributed by atoms with van der Waals surface area (Å²) in [5.41, 5.74) is 2.32. The van der Waals surface area contributed by atoms with Crippen LogP contribution >= 0.6 is 0 Å². The topological polar surface area (TPSA) is 54.7 Å². The van der Waals surface area contributed by atoms with Crippen LogP contribution in [-0.2, 0) is 16.1 Å². The van der Waals surface area contributed by atoms with Gasteiger partial charge in [-0.05, 0) is 37.8 Å². The fourth-order valence-corrected chi connectivity index (χ4v) is 3.39. The normalized spacial score (nSPS) is 16.0. The molecule has 0 spiro atoms. The Hall–Kier alpha value is -1.85. The summed E-state index contributed by atoms with van der Waals surface area (Å²) in [5.74, 6) is 0.171. The van der Waals surface area contributed by atoms with E-state index in [1.165, 1.54) is 10.9 Å². The van der Waals surface area contributed by atoms with Gasteiger partial charge in [-0.1, -0.05) is 18.2 Å².